The highest BCUT2D eigenvalue weighted by atomic mass is 16.1. The van der Waals surface area contributed by atoms with Crippen molar-refractivity contribution < 1.29 is 4.79 Å². The van der Waals surface area contributed by atoms with Crippen molar-refractivity contribution in [2.24, 2.45) is 0 Å². The fraction of sp³-hybridized carbons (Fsp3) is 0.389. The van der Waals surface area contributed by atoms with E-state index in [1.807, 2.05) is 68.1 Å². The van der Waals surface area contributed by atoms with Crippen LogP contribution in [0.15, 0.2) is 36.4 Å². The quantitative estimate of drug-likeness (QED) is 0.845. The molecule has 1 N–H and O–H groups in total. The summed E-state index contributed by atoms with van der Waals surface area (Å²) in [5, 5.41) is 2.89. The largest absolute Gasteiger partial charge is 0.349 e. The van der Waals surface area contributed by atoms with E-state index in [9.17, 15) is 4.79 Å². The molecule has 6 nitrogen and oxygen atoms in total. The SMILES string of the molecule is CCN(c1ccccc1)c1nc(C)cc(C(=O)NCCN(C)C)n1. The number of para-hydroxylation sites is 1. The summed E-state index contributed by atoms with van der Waals surface area (Å²) in [5.41, 5.74) is 2.17. The van der Waals surface area contributed by atoms with Crippen LogP contribution in [0.2, 0.25) is 0 Å². The van der Waals surface area contributed by atoms with Crippen molar-refractivity contribution >= 4 is 17.5 Å². The van der Waals surface area contributed by atoms with Gasteiger partial charge in [-0.3, -0.25) is 4.79 Å². The molecule has 0 radical (unpaired) electrons. The van der Waals surface area contributed by atoms with Crippen molar-refractivity contribution in [3.8, 4) is 0 Å². The minimum atomic E-state index is -0.173. The van der Waals surface area contributed by atoms with E-state index in [2.05, 4.69) is 15.3 Å². The Bertz CT molecular complexity index is 672. The number of nitrogens with one attached hydrogen (secondary N) is 1. The van der Waals surface area contributed by atoms with E-state index in [1.54, 1.807) is 6.07 Å². The molecule has 0 saturated carbocycles. The molecule has 2 aromatic rings. The van der Waals surface area contributed by atoms with E-state index in [-0.39, 0.29) is 5.91 Å². The number of hydrogen-bond acceptors (Lipinski definition) is 5. The highest BCUT2D eigenvalue weighted by Gasteiger charge is 2.15. The van der Waals surface area contributed by atoms with Gasteiger partial charge >= 0.3 is 0 Å². The summed E-state index contributed by atoms with van der Waals surface area (Å²) in [7, 11) is 3.94. The van der Waals surface area contributed by atoms with E-state index in [0.29, 0.717) is 18.2 Å². The van der Waals surface area contributed by atoms with Gasteiger partial charge in [0, 0.05) is 31.0 Å². The number of benzene rings is 1. The number of anilines is 2. The van der Waals surface area contributed by atoms with Crippen LogP contribution in [0.5, 0.6) is 0 Å². The van der Waals surface area contributed by atoms with Gasteiger partial charge in [-0.15, -0.1) is 0 Å². The number of carbonyl (C=O) groups is 1. The summed E-state index contributed by atoms with van der Waals surface area (Å²) in [6, 6.07) is 11.6. The van der Waals surface area contributed by atoms with E-state index in [1.165, 1.54) is 0 Å². The lowest BCUT2D eigenvalue weighted by atomic mass is 10.3. The van der Waals surface area contributed by atoms with Crippen LogP contribution < -0.4 is 10.2 Å². The molecule has 1 aromatic carbocycles. The summed E-state index contributed by atoms with van der Waals surface area (Å²) >= 11 is 0. The zero-order valence-corrected chi connectivity index (χ0v) is 14.8. The molecule has 0 aliphatic heterocycles. The molecule has 1 amide bonds. The average molecular weight is 327 g/mol. The van der Waals surface area contributed by atoms with E-state index < -0.39 is 0 Å². The van der Waals surface area contributed by atoms with Gasteiger partial charge in [-0.2, -0.15) is 0 Å². The molecule has 0 bridgehead atoms. The Kier molecular flexibility index (Phi) is 6.26. The summed E-state index contributed by atoms with van der Waals surface area (Å²) in [4.78, 5) is 25.3. The van der Waals surface area contributed by atoms with Gasteiger partial charge in [0.15, 0.2) is 0 Å². The van der Waals surface area contributed by atoms with Crippen molar-refractivity contribution in [3.63, 3.8) is 0 Å². The normalized spacial score (nSPS) is 10.7. The highest BCUT2D eigenvalue weighted by Crippen LogP contribution is 2.21. The molecule has 0 spiro atoms. The minimum absolute atomic E-state index is 0.173. The number of nitrogens with zero attached hydrogens (tertiary/aromatic N) is 4. The first-order valence-electron chi connectivity index (χ1n) is 8.12. The van der Waals surface area contributed by atoms with Gasteiger partial charge in [0.25, 0.3) is 5.91 Å². The first-order valence-corrected chi connectivity index (χ1v) is 8.12. The Labute approximate surface area is 143 Å². The molecule has 24 heavy (non-hydrogen) atoms. The third kappa shape index (κ3) is 4.76. The van der Waals surface area contributed by atoms with Crippen LogP contribution in [0.1, 0.15) is 23.1 Å². The molecule has 0 aliphatic carbocycles. The van der Waals surface area contributed by atoms with Crippen molar-refractivity contribution in [2.45, 2.75) is 13.8 Å². The van der Waals surface area contributed by atoms with E-state index >= 15 is 0 Å². The smallest absolute Gasteiger partial charge is 0.270 e. The molecule has 0 aliphatic rings. The fourth-order valence-electron chi connectivity index (χ4n) is 2.32. The predicted octanol–water partition coefficient (Wildman–Crippen LogP) is 2.23. The van der Waals surface area contributed by atoms with E-state index in [0.717, 1.165) is 24.5 Å². The van der Waals surface area contributed by atoms with Crippen LogP contribution in [0.3, 0.4) is 0 Å². The molecule has 0 saturated heterocycles. The molecule has 1 heterocycles. The van der Waals surface area contributed by atoms with Crippen molar-refractivity contribution in [2.75, 3.05) is 38.6 Å². The second-order valence-electron chi connectivity index (χ2n) is 5.83. The standard InChI is InChI=1S/C18H25N5O/c1-5-23(15-9-7-6-8-10-15)18-20-14(2)13-16(21-18)17(24)19-11-12-22(3)4/h6-10,13H,5,11-12H2,1-4H3,(H,19,24). The molecule has 6 heteroatoms. The first-order chi connectivity index (χ1) is 11.5. The summed E-state index contributed by atoms with van der Waals surface area (Å²) in [6.45, 7) is 6.00. The maximum absolute atomic E-state index is 12.3. The lowest BCUT2D eigenvalue weighted by Gasteiger charge is -2.21. The molecule has 0 fully saturated rings. The Morgan fingerprint density at radius 1 is 1.17 bits per heavy atom. The number of carbonyl (C=O) groups excluding carboxylic acids is 1. The predicted molar refractivity (Wildman–Crippen MR) is 96.8 cm³/mol. The van der Waals surface area contributed by atoms with Gasteiger partial charge in [0.1, 0.15) is 5.69 Å². The number of aromatic nitrogens is 2. The second-order valence-corrected chi connectivity index (χ2v) is 5.83. The maximum atomic E-state index is 12.3. The Morgan fingerprint density at radius 2 is 1.88 bits per heavy atom. The Balaban J connectivity index is 2.22. The van der Waals surface area contributed by atoms with Crippen LogP contribution in [0.25, 0.3) is 0 Å². The van der Waals surface area contributed by atoms with Crippen molar-refractivity contribution in [1.29, 1.82) is 0 Å². The van der Waals surface area contributed by atoms with Crippen LogP contribution in [0, 0.1) is 6.92 Å². The zero-order chi connectivity index (χ0) is 17.5. The number of hydrogen-bond donors (Lipinski definition) is 1. The minimum Gasteiger partial charge on any atom is -0.349 e. The monoisotopic (exact) mass is 327 g/mol. The topological polar surface area (TPSA) is 61.4 Å². The van der Waals surface area contributed by atoms with Crippen LogP contribution in [-0.4, -0.2) is 54.5 Å². The second kappa shape index (κ2) is 8.40. The van der Waals surface area contributed by atoms with E-state index in [4.69, 9.17) is 0 Å². The Hall–Kier alpha value is -2.47. The van der Waals surface area contributed by atoms with Crippen LogP contribution in [-0.2, 0) is 0 Å². The van der Waals surface area contributed by atoms with Gasteiger partial charge in [-0.1, -0.05) is 18.2 Å². The third-order valence-corrected chi connectivity index (χ3v) is 3.55. The van der Waals surface area contributed by atoms with Crippen molar-refractivity contribution in [3.05, 3.63) is 47.8 Å². The molecule has 128 valence electrons. The van der Waals surface area contributed by atoms with Crippen molar-refractivity contribution in [1.82, 2.24) is 20.2 Å². The molecule has 2 rings (SSSR count). The zero-order valence-electron chi connectivity index (χ0n) is 14.8. The molecule has 0 unspecified atom stereocenters. The summed E-state index contributed by atoms with van der Waals surface area (Å²) in [6.07, 6.45) is 0. The number of likely N-dealkylation sites (N-methyl/N-ethyl adjacent to an activating group) is 1. The third-order valence-electron chi connectivity index (χ3n) is 3.55. The molecular formula is C18H25N5O. The number of rotatable bonds is 7. The molecule has 0 atom stereocenters. The van der Waals surface area contributed by atoms with Gasteiger partial charge < -0.3 is 15.1 Å². The number of aryl methyl sites for hydroxylation is 1. The lowest BCUT2D eigenvalue weighted by Crippen LogP contribution is -2.32. The van der Waals surface area contributed by atoms with Gasteiger partial charge in [0.05, 0.1) is 0 Å². The molecule has 1 aromatic heterocycles. The van der Waals surface area contributed by atoms with Crippen LogP contribution in [0.4, 0.5) is 11.6 Å². The van der Waals surface area contributed by atoms with Gasteiger partial charge in [0.2, 0.25) is 5.95 Å². The first kappa shape index (κ1) is 17.9. The fourth-order valence-corrected chi connectivity index (χ4v) is 2.32. The summed E-state index contributed by atoms with van der Waals surface area (Å²) in [5.74, 6) is 0.370. The summed E-state index contributed by atoms with van der Waals surface area (Å²) < 4.78 is 0. The maximum Gasteiger partial charge on any atom is 0.270 e. The lowest BCUT2D eigenvalue weighted by molar-refractivity contribution is 0.0946. The van der Waals surface area contributed by atoms with Gasteiger partial charge in [-0.25, -0.2) is 9.97 Å². The molecular weight excluding hydrogens is 302 g/mol. The number of amides is 1. The van der Waals surface area contributed by atoms with Gasteiger partial charge in [-0.05, 0) is 46.1 Å². The van der Waals surface area contributed by atoms with Crippen LogP contribution >= 0.6 is 0 Å². The average Bonchev–Trinajstić information content (AvgIpc) is 2.55. The Morgan fingerprint density at radius 3 is 2.50 bits per heavy atom. The highest BCUT2D eigenvalue weighted by molar-refractivity contribution is 5.92.